The van der Waals surface area contributed by atoms with Crippen molar-refractivity contribution in [3.63, 3.8) is 0 Å². The molecule has 2 aromatic carbocycles. The van der Waals surface area contributed by atoms with Crippen LogP contribution in [0.4, 0.5) is 5.69 Å². The number of nitriles is 1. The second-order valence-corrected chi connectivity index (χ2v) is 7.06. The van der Waals surface area contributed by atoms with Crippen molar-refractivity contribution >= 4 is 39.6 Å². The molecule has 0 bridgehead atoms. The predicted octanol–water partition coefficient (Wildman–Crippen LogP) is 4.34. The van der Waals surface area contributed by atoms with E-state index in [1.807, 2.05) is 13.0 Å². The van der Waals surface area contributed by atoms with Gasteiger partial charge in [-0.25, -0.2) is 4.79 Å². The average molecular weight is 503 g/mol. The summed E-state index contributed by atoms with van der Waals surface area (Å²) in [6.07, 6.45) is 1.42. The molecule has 0 aliphatic carbocycles. The summed E-state index contributed by atoms with van der Waals surface area (Å²) in [4.78, 5) is 24.1. The Balaban J connectivity index is 2.20. The van der Waals surface area contributed by atoms with Gasteiger partial charge in [-0.05, 0) is 77.8 Å². The Morgan fingerprint density at radius 3 is 2.44 bits per heavy atom. The van der Waals surface area contributed by atoms with Crippen molar-refractivity contribution in [2.75, 3.05) is 32.2 Å². The number of nitrogens with zero attached hydrogens (tertiary/aromatic N) is 1. The van der Waals surface area contributed by atoms with Crippen LogP contribution in [0.15, 0.2) is 46.4 Å². The van der Waals surface area contributed by atoms with E-state index >= 15 is 0 Å². The second-order valence-electron chi connectivity index (χ2n) is 6.21. The lowest BCUT2D eigenvalue weighted by molar-refractivity contribution is -0.145. The average Bonchev–Trinajstić information content (AvgIpc) is 2.78. The van der Waals surface area contributed by atoms with Crippen molar-refractivity contribution in [1.82, 2.24) is 0 Å². The zero-order chi connectivity index (χ0) is 23.5. The molecule has 0 saturated carbocycles. The molecule has 168 valence electrons. The maximum absolute atomic E-state index is 12.6. The van der Waals surface area contributed by atoms with Gasteiger partial charge in [-0.1, -0.05) is 0 Å². The first kappa shape index (κ1) is 24.8. The number of benzene rings is 2. The van der Waals surface area contributed by atoms with Gasteiger partial charge in [0.15, 0.2) is 18.1 Å². The largest absolute Gasteiger partial charge is 0.494 e. The Bertz CT molecular complexity index is 1030. The molecule has 0 heterocycles. The van der Waals surface area contributed by atoms with Gasteiger partial charge in [0.1, 0.15) is 17.4 Å². The van der Waals surface area contributed by atoms with Gasteiger partial charge in [0.2, 0.25) is 0 Å². The first-order valence-electron chi connectivity index (χ1n) is 9.73. The topological polar surface area (TPSA) is 107 Å². The standard InChI is InChI=1S/C23H23BrN2O6/c1-4-30-18-8-6-17(7-9-18)26-23(28)16(13-25)10-15-11-19(24)22(20(12-15)29-3)32-14-21(27)31-5-2/h6-12H,4-5,14H2,1-3H3,(H,26,28)/b16-10-. The summed E-state index contributed by atoms with van der Waals surface area (Å²) in [6, 6.07) is 12.0. The zero-order valence-electron chi connectivity index (χ0n) is 17.9. The lowest BCUT2D eigenvalue weighted by Crippen LogP contribution is -2.15. The predicted molar refractivity (Wildman–Crippen MR) is 123 cm³/mol. The summed E-state index contributed by atoms with van der Waals surface area (Å²) in [5, 5.41) is 12.2. The number of amides is 1. The molecule has 0 unspecified atom stereocenters. The number of anilines is 1. The van der Waals surface area contributed by atoms with Gasteiger partial charge in [0.25, 0.3) is 5.91 Å². The Labute approximate surface area is 194 Å². The fourth-order valence-corrected chi connectivity index (χ4v) is 3.19. The molecule has 0 aliphatic heterocycles. The number of hydrogen-bond donors (Lipinski definition) is 1. The molecule has 2 aromatic rings. The minimum absolute atomic E-state index is 0.104. The third-order valence-corrected chi connectivity index (χ3v) is 4.58. The molecule has 32 heavy (non-hydrogen) atoms. The van der Waals surface area contributed by atoms with Crippen LogP contribution in [-0.2, 0) is 14.3 Å². The zero-order valence-corrected chi connectivity index (χ0v) is 19.5. The Morgan fingerprint density at radius 1 is 1.12 bits per heavy atom. The molecule has 0 radical (unpaired) electrons. The van der Waals surface area contributed by atoms with Gasteiger partial charge in [0, 0.05) is 5.69 Å². The van der Waals surface area contributed by atoms with Crippen LogP contribution in [-0.4, -0.2) is 38.8 Å². The highest BCUT2D eigenvalue weighted by molar-refractivity contribution is 9.10. The van der Waals surface area contributed by atoms with Crippen molar-refractivity contribution in [2.24, 2.45) is 0 Å². The number of esters is 1. The molecular formula is C23H23BrN2O6. The SMILES string of the molecule is CCOC(=O)COc1c(Br)cc(/C=C(/C#N)C(=O)Nc2ccc(OCC)cc2)cc1OC. The summed E-state index contributed by atoms with van der Waals surface area (Å²) >= 11 is 3.37. The van der Waals surface area contributed by atoms with E-state index in [0.717, 1.165) is 0 Å². The highest BCUT2D eigenvalue weighted by Gasteiger charge is 2.15. The molecule has 8 nitrogen and oxygen atoms in total. The maximum atomic E-state index is 12.6. The molecule has 0 aromatic heterocycles. The summed E-state index contributed by atoms with van der Waals surface area (Å²) < 4.78 is 21.5. The molecule has 0 spiro atoms. The minimum Gasteiger partial charge on any atom is -0.494 e. The number of ether oxygens (including phenoxy) is 4. The number of methoxy groups -OCH3 is 1. The summed E-state index contributed by atoms with van der Waals surface area (Å²) in [7, 11) is 1.44. The van der Waals surface area contributed by atoms with E-state index in [-0.39, 0.29) is 18.8 Å². The van der Waals surface area contributed by atoms with Gasteiger partial charge in [-0.15, -0.1) is 0 Å². The fourth-order valence-electron chi connectivity index (χ4n) is 2.61. The lowest BCUT2D eigenvalue weighted by Gasteiger charge is -2.13. The molecule has 0 atom stereocenters. The molecule has 0 fully saturated rings. The Morgan fingerprint density at radius 2 is 1.84 bits per heavy atom. The van der Waals surface area contributed by atoms with Crippen LogP contribution in [0.1, 0.15) is 19.4 Å². The van der Waals surface area contributed by atoms with Crippen molar-refractivity contribution < 1.29 is 28.5 Å². The summed E-state index contributed by atoms with van der Waals surface area (Å²) in [6.45, 7) is 4.09. The Kier molecular flexibility index (Phi) is 9.57. The van der Waals surface area contributed by atoms with Crippen molar-refractivity contribution in [3.8, 4) is 23.3 Å². The monoisotopic (exact) mass is 502 g/mol. The summed E-state index contributed by atoms with van der Waals surface area (Å²) in [5.74, 6) is 0.232. The summed E-state index contributed by atoms with van der Waals surface area (Å²) in [5.41, 5.74) is 0.949. The van der Waals surface area contributed by atoms with Crippen LogP contribution >= 0.6 is 15.9 Å². The van der Waals surface area contributed by atoms with Crippen LogP contribution in [0.3, 0.4) is 0 Å². The number of carbonyl (C=O) groups is 2. The third kappa shape index (κ3) is 7.03. The molecular weight excluding hydrogens is 480 g/mol. The van der Waals surface area contributed by atoms with Gasteiger partial charge in [0.05, 0.1) is 24.8 Å². The number of hydrogen-bond acceptors (Lipinski definition) is 7. The van der Waals surface area contributed by atoms with Crippen molar-refractivity contribution in [3.05, 3.63) is 52.0 Å². The van der Waals surface area contributed by atoms with E-state index in [0.29, 0.717) is 39.6 Å². The van der Waals surface area contributed by atoms with Gasteiger partial charge in [-0.3, -0.25) is 4.79 Å². The smallest absolute Gasteiger partial charge is 0.344 e. The highest BCUT2D eigenvalue weighted by Crippen LogP contribution is 2.37. The van der Waals surface area contributed by atoms with Gasteiger partial charge < -0.3 is 24.3 Å². The van der Waals surface area contributed by atoms with Crippen LogP contribution < -0.4 is 19.5 Å². The number of halogens is 1. The van der Waals surface area contributed by atoms with E-state index in [9.17, 15) is 14.9 Å². The molecule has 0 saturated heterocycles. The van der Waals surface area contributed by atoms with Crippen LogP contribution in [0.2, 0.25) is 0 Å². The molecule has 1 N–H and O–H groups in total. The van der Waals surface area contributed by atoms with Crippen LogP contribution in [0.5, 0.6) is 17.2 Å². The lowest BCUT2D eigenvalue weighted by atomic mass is 10.1. The fraction of sp³-hybridized carbons (Fsp3) is 0.261. The van der Waals surface area contributed by atoms with Crippen LogP contribution in [0.25, 0.3) is 6.08 Å². The number of nitrogens with one attached hydrogen (secondary N) is 1. The highest BCUT2D eigenvalue weighted by atomic mass is 79.9. The number of rotatable bonds is 10. The van der Waals surface area contributed by atoms with E-state index in [2.05, 4.69) is 21.2 Å². The third-order valence-electron chi connectivity index (χ3n) is 3.99. The maximum Gasteiger partial charge on any atom is 0.344 e. The Hall–Kier alpha value is -3.51. The number of carbonyl (C=O) groups excluding carboxylic acids is 2. The van der Waals surface area contributed by atoms with Gasteiger partial charge in [-0.2, -0.15) is 5.26 Å². The van der Waals surface area contributed by atoms with Crippen LogP contribution in [0, 0.1) is 11.3 Å². The van der Waals surface area contributed by atoms with E-state index < -0.39 is 11.9 Å². The second kappa shape index (κ2) is 12.4. The first-order chi connectivity index (χ1) is 15.4. The van der Waals surface area contributed by atoms with E-state index in [1.54, 1.807) is 43.3 Å². The quantitative estimate of drug-likeness (QED) is 0.292. The van der Waals surface area contributed by atoms with E-state index in [1.165, 1.54) is 13.2 Å². The van der Waals surface area contributed by atoms with E-state index in [4.69, 9.17) is 18.9 Å². The molecule has 1 amide bonds. The van der Waals surface area contributed by atoms with Crippen molar-refractivity contribution in [2.45, 2.75) is 13.8 Å². The van der Waals surface area contributed by atoms with Gasteiger partial charge >= 0.3 is 5.97 Å². The van der Waals surface area contributed by atoms with Crippen molar-refractivity contribution in [1.29, 1.82) is 5.26 Å². The molecule has 0 aliphatic rings. The molecule has 9 heteroatoms. The first-order valence-corrected chi connectivity index (χ1v) is 10.5. The minimum atomic E-state index is -0.561. The normalized spacial score (nSPS) is 10.7. The molecule has 2 rings (SSSR count).